The highest BCUT2D eigenvalue weighted by atomic mass is 19.4. The molecule has 0 spiro atoms. The Balaban J connectivity index is 1.64. The Labute approximate surface area is 155 Å². The Kier molecular flexibility index (Phi) is 5.21. The van der Waals surface area contributed by atoms with E-state index in [1.165, 1.54) is 17.0 Å². The fourth-order valence-electron chi connectivity index (χ4n) is 3.00. The fraction of sp³-hybridized carbons (Fsp3) is 0.300. The Morgan fingerprint density at radius 1 is 0.815 bits per heavy atom. The molecule has 1 aliphatic heterocycles. The van der Waals surface area contributed by atoms with E-state index in [1.807, 2.05) is 19.1 Å². The van der Waals surface area contributed by atoms with Crippen molar-refractivity contribution < 1.29 is 22.8 Å². The molecule has 2 amide bonds. The van der Waals surface area contributed by atoms with Gasteiger partial charge in [-0.25, -0.2) is 0 Å². The average molecular weight is 376 g/mol. The normalized spacial score (nSPS) is 15.0. The van der Waals surface area contributed by atoms with Crippen LogP contribution in [0.1, 0.15) is 31.8 Å². The first-order chi connectivity index (χ1) is 12.8. The number of alkyl halides is 3. The fourth-order valence-corrected chi connectivity index (χ4v) is 3.00. The zero-order valence-corrected chi connectivity index (χ0v) is 14.8. The van der Waals surface area contributed by atoms with Crippen molar-refractivity contribution >= 4 is 11.8 Å². The van der Waals surface area contributed by atoms with E-state index >= 15 is 0 Å². The van der Waals surface area contributed by atoms with Crippen LogP contribution in [0.15, 0.2) is 48.5 Å². The molecular formula is C20H19F3N2O2. The zero-order chi connectivity index (χ0) is 19.6. The molecule has 1 heterocycles. The molecule has 27 heavy (non-hydrogen) atoms. The summed E-state index contributed by atoms with van der Waals surface area (Å²) in [5, 5.41) is 0. The van der Waals surface area contributed by atoms with Crippen molar-refractivity contribution in [1.29, 1.82) is 0 Å². The Hall–Kier alpha value is -2.83. The second-order valence-electron chi connectivity index (χ2n) is 6.53. The molecule has 2 aromatic rings. The minimum Gasteiger partial charge on any atom is -0.335 e. The predicted octanol–water partition coefficient (Wildman–Crippen LogP) is 3.61. The highest BCUT2D eigenvalue weighted by Gasteiger charge is 2.32. The maximum atomic E-state index is 12.8. The number of carbonyl (C=O) groups excluding carboxylic acids is 2. The Morgan fingerprint density at radius 2 is 1.33 bits per heavy atom. The van der Waals surface area contributed by atoms with Gasteiger partial charge in [-0.3, -0.25) is 9.59 Å². The lowest BCUT2D eigenvalue weighted by molar-refractivity contribution is -0.137. The SMILES string of the molecule is Cc1ccc(C(=O)N2CCN(C(=O)c3cccc(C(F)(F)F)c3)CC2)cc1. The van der Waals surface area contributed by atoms with Crippen molar-refractivity contribution in [2.24, 2.45) is 0 Å². The molecule has 1 aliphatic rings. The van der Waals surface area contributed by atoms with Gasteiger partial charge < -0.3 is 9.80 Å². The van der Waals surface area contributed by atoms with Crippen molar-refractivity contribution in [2.45, 2.75) is 13.1 Å². The van der Waals surface area contributed by atoms with Gasteiger partial charge in [-0.15, -0.1) is 0 Å². The number of rotatable bonds is 2. The summed E-state index contributed by atoms with van der Waals surface area (Å²) in [5.41, 5.74) is 0.797. The standard InChI is InChI=1S/C20H19F3N2O2/c1-14-5-7-15(8-6-14)18(26)24-9-11-25(12-10-24)19(27)16-3-2-4-17(13-16)20(21,22)23/h2-8,13H,9-12H2,1H3. The molecule has 142 valence electrons. The minimum atomic E-state index is -4.49. The number of amides is 2. The number of benzene rings is 2. The number of piperazine rings is 1. The van der Waals surface area contributed by atoms with E-state index in [4.69, 9.17) is 0 Å². The second kappa shape index (κ2) is 7.42. The van der Waals surface area contributed by atoms with E-state index in [2.05, 4.69) is 0 Å². The van der Waals surface area contributed by atoms with E-state index in [9.17, 15) is 22.8 Å². The second-order valence-corrected chi connectivity index (χ2v) is 6.53. The third-order valence-electron chi connectivity index (χ3n) is 4.59. The summed E-state index contributed by atoms with van der Waals surface area (Å²) in [6.07, 6.45) is -4.49. The molecule has 0 bridgehead atoms. The van der Waals surface area contributed by atoms with Crippen LogP contribution < -0.4 is 0 Å². The van der Waals surface area contributed by atoms with Gasteiger partial charge in [0.1, 0.15) is 0 Å². The van der Waals surface area contributed by atoms with Crippen LogP contribution in [0.25, 0.3) is 0 Å². The minimum absolute atomic E-state index is 0.00290. The Bertz CT molecular complexity index is 839. The quantitative estimate of drug-likeness (QED) is 0.803. The molecule has 0 aliphatic carbocycles. The highest BCUT2D eigenvalue weighted by molar-refractivity contribution is 5.96. The maximum absolute atomic E-state index is 12.8. The van der Waals surface area contributed by atoms with Crippen LogP contribution in [0.2, 0.25) is 0 Å². The summed E-state index contributed by atoms with van der Waals surface area (Å²) in [6.45, 7) is 3.20. The molecule has 3 rings (SSSR count). The van der Waals surface area contributed by atoms with Gasteiger partial charge >= 0.3 is 6.18 Å². The van der Waals surface area contributed by atoms with Crippen molar-refractivity contribution in [2.75, 3.05) is 26.2 Å². The van der Waals surface area contributed by atoms with Gasteiger partial charge in [-0.1, -0.05) is 23.8 Å². The summed E-state index contributed by atoms with van der Waals surface area (Å²) in [6, 6.07) is 11.7. The van der Waals surface area contributed by atoms with Gasteiger partial charge in [0.25, 0.3) is 11.8 Å². The number of aryl methyl sites for hydroxylation is 1. The molecule has 0 unspecified atom stereocenters. The number of hydrogen-bond donors (Lipinski definition) is 0. The largest absolute Gasteiger partial charge is 0.416 e. The number of halogens is 3. The monoisotopic (exact) mass is 376 g/mol. The molecule has 7 heteroatoms. The summed E-state index contributed by atoms with van der Waals surface area (Å²) < 4.78 is 38.5. The van der Waals surface area contributed by atoms with Gasteiger partial charge in [0.05, 0.1) is 5.56 Å². The topological polar surface area (TPSA) is 40.6 Å². The lowest BCUT2D eigenvalue weighted by Gasteiger charge is -2.35. The molecule has 0 saturated carbocycles. The molecular weight excluding hydrogens is 357 g/mol. The van der Waals surface area contributed by atoms with Crippen molar-refractivity contribution in [3.05, 3.63) is 70.8 Å². The maximum Gasteiger partial charge on any atom is 0.416 e. The summed E-state index contributed by atoms with van der Waals surface area (Å²) >= 11 is 0. The highest BCUT2D eigenvalue weighted by Crippen LogP contribution is 2.29. The molecule has 1 fully saturated rings. The molecule has 0 radical (unpaired) electrons. The summed E-state index contributed by atoms with van der Waals surface area (Å²) in [7, 11) is 0. The third-order valence-corrected chi connectivity index (χ3v) is 4.59. The van der Waals surface area contributed by atoms with Crippen LogP contribution in [0.5, 0.6) is 0 Å². The molecule has 2 aromatic carbocycles. The number of carbonyl (C=O) groups is 2. The molecule has 0 atom stereocenters. The number of nitrogens with zero attached hydrogens (tertiary/aromatic N) is 2. The smallest absolute Gasteiger partial charge is 0.335 e. The van der Waals surface area contributed by atoms with Crippen LogP contribution in [0.3, 0.4) is 0 Å². The lowest BCUT2D eigenvalue weighted by Crippen LogP contribution is -2.50. The van der Waals surface area contributed by atoms with E-state index in [0.717, 1.165) is 17.7 Å². The van der Waals surface area contributed by atoms with Crippen molar-refractivity contribution in [3.63, 3.8) is 0 Å². The zero-order valence-electron chi connectivity index (χ0n) is 14.8. The van der Waals surface area contributed by atoms with E-state index in [-0.39, 0.29) is 24.6 Å². The molecule has 0 N–H and O–H groups in total. The molecule has 0 aromatic heterocycles. The van der Waals surface area contributed by atoms with Gasteiger partial charge in [0.2, 0.25) is 0 Å². The average Bonchev–Trinajstić information content (AvgIpc) is 2.67. The van der Waals surface area contributed by atoms with Crippen LogP contribution in [-0.4, -0.2) is 47.8 Å². The van der Waals surface area contributed by atoms with Gasteiger partial charge in [0.15, 0.2) is 0 Å². The van der Waals surface area contributed by atoms with Crippen LogP contribution in [0, 0.1) is 6.92 Å². The summed E-state index contributed by atoms with van der Waals surface area (Å²) in [5.74, 6) is -0.565. The Morgan fingerprint density at radius 3 is 1.85 bits per heavy atom. The van der Waals surface area contributed by atoms with Gasteiger partial charge in [-0.2, -0.15) is 13.2 Å². The van der Waals surface area contributed by atoms with Gasteiger partial charge in [0, 0.05) is 37.3 Å². The van der Waals surface area contributed by atoms with E-state index in [0.29, 0.717) is 18.7 Å². The predicted molar refractivity (Wildman–Crippen MR) is 94.4 cm³/mol. The lowest BCUT2D eigenvalue weighted by atomic mass is 10.1. The first-order valence-corrected chi connectivity index (χ1v) is 8.58. The van der Waals surface area contributed by atoms with Crippen LogP contribution in [-0.2, 0) is 6.18 Å². The first-order valence-electron chi connectivity index (χ1n) is 8.58. The first kappa shape index (κ1) is 18.9. The third kappa shape index (κ3) is 4.30. The van der Waals surface area contributed by atoms with Crippen LogP contribution in [0.4, 0.5) is 13.2 Å². The number of hydrogen-bond acceptors (Lipinski definition) is 2. The van der Waals surface area contributed by atoms with Gasteiger partial charge in [-0.05, 0) is 37.3 Å². The molecule has 4 nitrogen and oxygen atoms in total. The summed E-state index contributed by atoms with van der Waals surface area (Å²) in [4.78, 5) is 28.2. The van der Waals surface area contributed by atoms with Crippen LogP contribution >= 0.6 is 0 Å². The van der Waals surface area contributed by atoms with Crippen molar-refractivity contribution in [3.8, 4) is 0 Å². The van der Waals surface area contributed by atoms with Crippen molar-refractivity contribution in [1.82, 2.24) is 9.80 Å². The van der Waals surface area contributed by atoms with E-state index < -0.39 is 17.6 Å². The van der Waals surface area contributed by atoms with E-state index in [1.54, 1.807) is 17.0 Å². The molecule has 1 saturated heterocycles.